The lowest BCUT2D eigenvalue weighted by molar-refractivity contribution is -0.136. The molecular formula is C15H24N2O2. The highest BCUT2D eigenvalue weighted by Crippen LogP contribution is 2.33. The second kappa shape index (κ2) is 5.51. The Balaban J connectivity index is 1.58. The molecule has 19 heavy (non-hydrogen) atoms. The van der Waals surface area contributed by atoms with Crippen molar-refractivity contribution in [2.75, 3.05) is 19.6 Å². The van der Waals surface area contributed by atoms with Gasteiger partial charge in [-0.3, -0.25) is 9.59 Å². The fourth-order valence-corrected chi connectivity index (χ4v) is 3.36. The van der Waals surface area contributed by atoms with Gasteiger partial charge in [0.25, 0.3) is 0 Å². The zero-order valence-corrected chi connectivity index (χ0v) is 11.6. The van der Waals surface area contributed by atoms with Crippen LogP contribution in [0, 0.1) is 5.92 Å². The second-order valence-corrected chi connectivity index (χ2v) is 6.27. The van der Waals surface area contributed by atoms with E-state index in [1.807, 2.05) is 9.80 Å². The molecule has 0 spiro atoms. The maximum Gasteiger partial charge on any atom is 0.227 e. The highest BCUT2D eigenvalue weighted by atomic mass is 16.2. The Bertz CT molecular complexity index is 357. The van der Waals surface area contributed by atoms with Crippen molar-refractivity contribution < 1.29 is 9.59 Å². The standard InChI is InChI=1S/C15H24N2O2/c18-14-10-12(11-17(14)13-6-7-13)15(19)16-8-4-2-1-3-5-9-16/h12-13H,1-11H2. The molecule has 0 N–H and O–H groups in total. The topological polar surface area (TPSA) is 40.6 Å². The summed E-state index contributed by atoms with van der Waals surface area (Å²) in [6.45, 7) is 2.47. The van der Waals surface area contributed by atoms with Gasteiger partial charge in [-0.25, -0.2) is 0 Å². The summed E-state index contributed by atoms with van der Waals surface area (Å²) in [6.07, 6.45) is 8.75. The Morgan fingerprint density at radius 2 is 1.63 bits per heavy atom. The summed E-state index contributed by atoms with van der Waals surface area (Å²) in [4.78, 5) is 28.5. The van der Waals surface area contributed by atoms with Gasteiger partial charge in [-0.15, -0.1) is 0 Å². The van der Waals surface area contributed by atoms with E-state index in [1.54, 1.807) is 0 Å². The van der Waals surface area contributed by atoms with Crippen LogP contribution in [0.1, 0.15) is 51.4 Å². The third-order valence-electron chi connectivity index (χ3n) is 4.66. The van der Waals surface area contributed by atoms with Gasteiger partial charge in [-0.2, -0.15) is 0 Å². The minimum absolute atomic E-state index is 0.0625. The zero-order valence-electron chi connectivity index (χ0n) is 11.6. The van der Waals surface area contributed by atoms with Gasteiger partial charge in [0, 0.05) is 32.1 Å². The van der Waals surface area contributed by atoms with Crippen molar-refractivity contribution in [3.63, 3.8) is 0 Å². The van der Waals surface area contributed by atoms with E-state index >= 15 is 0 Å². The van der Waals surface area contributed by atoms with E-state index in [9.17, 15) is 9.59 Å². The van der Waals surface area contributed by atoms with E-state index in [1.165, 1.54) is 19.3 Å². The molecule has 0 aromatic heterocycles. The smallest absolute Gasteiger partial charge is 0.227 e. The average Bonchev–Trinajstić information content (AvgIpc) is 3.12. The van der Waals surface area contributed by atoms with Gasteiger partial charge < -0.3 is 9.80 Å². The molecule has 2 amide bonds. The van der Waals surface area contributed by atoms with Crippen LogP contribution in [0.4, 0.5) is 0 Å². The molecule has 1 saturated carbocycles. The summed E-state index contributed by atoms with van der Waals surface area (Å²) < 4.78 is 0. The van der Waals surface area contributed by atoms with Crippen LogP contribution in [0.3, 0.4) is 0 Å². The minimum Gasteiger partial charge on any atom is -0.342 e. The quantitative estimate of drug-likeness (QED) is 0.763. The van der Waals surface area contributed by atoms with Crippen LogP contribution in [0.2, 0.25) is 0 Å². The molecule has 0 aromatic carbocycles. The van der Waals surface area contributed by atoms with E-state index in [4.69, 9.17) is 0 Å². The maximum atomic E-state index is 12.5. The molecule has 2 aliphatic heterocycles. The Hall–Kier alpha value is -1.06. The zero-order chi connectivity index (χ0) is 13.2. The number of carbonyl (C=O) groups is 2. The third-order valence-corrected chi connectivity index (χ3v) is 4.66. The van der Waals surface area contributed by atoms with Crippen LogP contribution < -0.4 is 0 Å². The first-order valence-corrected chi connectivity index (χ1v) is 7.84. The van der Waals surface area contributed by atoms with Crippen LogP contribution in [-0.2, 0) is 9.59 Å². The van der Waals surface area contributed by atoms with E-state index in [0.29, 0.717) is 19.0 Å². The van der Waals surface area contributed by atoms with Crippen molar-refractivity contribution in [1.29, 1.82) is 0 Å². The van der Waals surface area contributed by atoms with Gasteiger partial charge >= 0.3 is 0 Å². The molecule has 0 aromatic rings. The Labute approximate surface area is 115 Å². The summed E-state index contributed by atoms with van der Waals surface area (Å²) in [5, 5.41) is 0. The average molecular weight is 264 g/mol. The normalized spacial score (nSPS) is 29.3. The number of rotatable bonds is 2. The van der Waals surface area contributed by atoms with Crippen LogP contribution in [0.5, 0.6) is 0 Å². The van der Waals surface area contributed by atoms with Crippen molar-refractivity contribution in [2.45, 2.75) is 57.4 Å². The SMILES string of the molecule is O=C(C1CC(=O)N(C2CC2)C1)N1CCCCCCC1. The molecule has 2 saturated heterocycles. The van der Waals surface area contributed by atoms with Gasteiger partial charge in [-0.05, 0) is 25.7 Å². The highest BCUT2D eigenvalue weighted by Gasteiger charge is 2.42. The lowest BCUT2D eigenvalue weighted by Gasteiger charge is -2.27. The number of hydrogen-bond acceptors (Lipinski definition) is 2. The van der Waals surface area contributed by atoms with Crippen LogP contribution in [0.25, 0.3) is 0 Å². The molecule has 106 valence electrons. The Kier molecular flexibility index (Phi) is 3.76. The van der Waals surface area contributed by atoms with Crippen molar-refractivity contribution in [1.82, 2.24) is 9.80 Å². The van der Waals surface area contributed by atoms with Gasteiger partial charge in [0.15, 0.2) is 0 Å². The summed E-state index contributed by atoms with van der Waals surface area (Å²) in [5.74, 6) is 0.374. The van der Waals surface area contributed by atoms with Gasteiger partial charge in [0.2, 0.25) is 11.8 Å². The first-order chi connectivity index (χ1) is 9.25. The lowest BCUT2D eigenvalue weighted by Crippen LogP contribution is -2.39. The molecule has 0 radical (unpaired) electrons. The maximum absolute atomic E-state index is 12.5. The van der Waals surface area contributed by atoms with E-state index in [0.717, 1.165) is 38.8 Å². The highest BCUT2D eigenvalue weighted by molar-refractivity contribution is 5.89. The molecule has 1 aliphatic carbocycles. The Morgan fingerprint density at radius 1 is 1.00 bits per heavy atom. The minimum atomic E-state index is -0.0625. The van der Waals surface area contributed by atoms with Gasteiger partial charge in [0.1, 0.15) is 0 Å². The predicted octanol–water partition coefficient (Wildman–Crippen LogP) is 1.79. The van der Waals surface area contributed by atoms with Gasteiger partial charge in [-0.1, -0.05) is 19.3 Å². The second-order valence-electron chi connectivity index (χ2n) is 6.27. The number of carbonyl (C=O) groups excluding carboxylic acids is 2. The fraction of sp³-hybridized carbons (Fsp3) is 0.867. The lowest BCUT2D eigenvalue weighted by atomic mass is 10.0. The fourth-order valence-electron chi connectivity index (χ4n) is 3.36. The molecule has 4 heteroatoms. The summed E-state index contributed by atoms with van der Waals surface area (Å²) in [6, 6.07) is 0.456. The van der Waals surface area contributed by atoms with E-state index in [-0.39, 0.29) is 17.7 Å². The molecule has 1 unspecified atom stereocenters. The summed E-state index contributed by atoms with van der Waals surface area (Å²) in [5.41, 5.74) is 0. The van der Waals surface area contributed by atoms with Gasteiger partial charge in [0.05, 0.1) is 5.92 Å². The first kappa shape index (κ1) is 12.9. The first-order valence-electron chi connectivity index (χ1n) is 7.84. The molecule has 1 atom stereocenters. The molecule has 3 aliphatic rings. The molecular weight excluding hydrogens is 240 g/mol. The number of hydrogen-bond donors (Lipinski definition) is 0. The van der Waals surface area contributed by atoms with Crippen molar-refractivity contribution in [2.24, 2.45) is 5.92 Å². The monoisotopic (exact) mass is 264 g/mol. The van der Waals surface area contributed by atoms with Crippen LogP contribution in [0.15, 0.2) is 0 Å². The number of nitrogens with zero attached hydrogens (tertiary/aromatic N) is 2. The third kappa shape index (κ3) is 2.93. The van der Waals surface area contributed by atoms with Crippen molar-refractivity contribution in [3.8, 4) is 0 Å². The number of likely N-dealkylation sites (tertiary alicyclic amines) is 2. The molecule has 3 rings (SSSR count). The van der Waals surface area contributed by atoms with Crippen LogP contribution in [-0.4, -0.2) is 47.3 Å². The Morgan fingerprint density at radius 3 is 2.26 bits per heavy atom. The van der Waals surface area contributed by atoms with Crippen molar-refractivity contribution in [3.05, 3.63) is 0 Å². The number of amides is 2. The summed E-state index contributed by atoms with van der Waals surface area (Å²) in [7, 11) is 0. The molecule has 4 nitrogen and oxygen atoms in total. The predicted molar refractivity (Wildman–Crippen MR) is 72.5 cm³/mol. The van der Waals surface area contributed by atoms with E-state index in [2.05, 4.69) is 0 Å². The molecule has 2 heterocycles. The molecule has 0 bridgehead atoms. The largest absolute Gasteiger partial charge is 0.342 e. The summed E-state index contributed by atoms with van der Waals surface area (Å²) >= 11 is 0. The van der Waals surface area contributed by atoms with E-state index < -0.39 is 0 Å². The van der Waals surface area contributed by atoms with Crippen LogP contribution >= 0.6 is 0 Å². The van der Waals surface area contributed by atoms with Crippen molar-refractivity contribution >= 4 is 11.8 Å². The molecule has 3 fully saturated rings.